The summed E-state index contributed by atoms with van der Waals surface area (Å²) in [4.78, 5) is 71.9. The van der Waals surface area contributed by atoms with Crippen molar-refractivity contribution >= 4 is 39.5 Å². The first-order valence-corrected chi connectivity index (χ1v) is 35.3. The van der Waals surface area contributed by atoms with Crippen LogP contribution in [0.5, 0.6) is 0 Å². The second kappa shape index (κ2) is 56.2. The van der Waals surface area contributed by atoms with Gasteiger partial charge in [0, 0.05) is 25.7 Å². The Kier molecular flexibility index (Phi) is 54.8. The first-order valence-electron chi connectivity index (χ1n) is 32.3. The van der Waals surface area contributed by atoms with E-state index in [2.05, 4.69) is 27.7 Å². The SMILES string of the molecule is CCCCCCCCCCCCCCCCCC(=O)O[C@H](COC(=O)CCCCCCCCCCC)COP(=O)(O)OC[C@@H](O)COP(=O)(O)OC[C@@H](COC(=O)CCCCCCCCCC)OC(=O)CCCCCCCCCC. The van der Waals surface area contributed by atoms with E-state index in [1.165, 1.54) is 128 Å². The van der Waals surface area contributed by atoms with E-state index in [4.69, 9.17) is 37.0 Å². The summed E-state index contributed by atoms with van der Waals surface area (Å²) in [5, 5.41) is 10.5. The van der Waals surface area contributed by atoms with Crippen molar-refractivity contribution in [1.29, 1.82) is 0 Å². The molecular weight excluding hydrogens is 1070 g/mol. The highest BCUT2D eigenvalue weighted by molar-refractivity contribution is 7.47. The van der Waals surface area contributed by atoms with Gasteiger partial charge in [-0.05, 0) is 25.7 Å². The number of aliphatic hydroxyl groups is 1. The zero-order valence-corrected chi connectivity index (χ0v) is 52.8. The van der Waals surface area contributed by atoms with Gasteiger partial charge in [0.05, 0.1) is 26.4 Å². The van der Waals surface area contributed by atoms with Crippen LogP contribution < -0.4 is 0 Å². The standard InChI is InChI=1S/C61H118O17P2/c1-5-9-13-17-21-25-26-27-28-29-30-32-36-40-44-48-61(66)78-57(52-72-59(64)46-42-38-35-31-22-18-14-10-6-2)54-76-80(69,70)74-50-55(62)49-73-79(67,68)75-53-56(77-60(65)47-43-39-34-24-20-16-12-8-4)51-71-58(63)45-41-37-33-23-19-15-11-7-3/h55-57,62H,5-54H2,1-4H3,(H,67,68)(H,69,70)/t55-,56+,57+/m0/s1. The largest absolute Gasteiger partial charge is 0.472 e. The Bertz CT molecular complexity index is 1550. The first-order chi connectivity index (χ1) is 38.7. The number of phosphoric acid groups is 2. The van der Waals surface area contributed by atoms with Crippen LogP contribution in [0, 0.1) is 0 Å². The Balaban J connectivity index is 5.18. The molecule has 0 aliphatic heterocycles. The minimum atomic E-state index is -4.94. The molecule has 2 unspecified atom stereocenters. The van der Waals surface area contributed by atoms with Crippen molar-refractivity contribution in [2.45, 2.75) is 329 Å². The van der Waals surface area contributed by atoms with Crippen LogP contribution in [0.1, 0.15) is 310 Å². The third-order valence-corrected chi connectivity index (χ3v) is 16.0. The van der Waals surface area contributed by atoms with E-state index in [1.54, 1.807) is 0 Å². The number of carbonyl (C=O) groups excluding carboxylic acids is 4. The molecular formula is C61H118O17P2. The number of carbonyl (C=O) groups is 4. The van der Waals surface area contributed by atoms with E-state index in [1.807, 2.05) is 0 Å². The van der Waals surface area contributed by atoms with E-state index in [9.17, 15) is 43.2 Å². The topological polar surface area (TPSA) is 237 Å². The molecule has 0 aliphatic rings. The molecule has 19 heteroatoms. The van der Waals surface area contributed by atoms with E-state index in [0.29, 0.717) is 25.7 Å². The van der Waals surface area contributed by atoms with Crippen LogP contribution in [0.25, 0.3) is 0 Å². The molecule has 3 N–H and O–H groups in total. The molecule has 80 heavy (non-hydrogen) atoms. The molecule has 0 heterocycles. The lowest BCUT2D eigenvalue weighted by Gasteiger charge is -2.21. The number of rotatable bonds is 62. The van der Waals surface area contributed by atoms with Gasteiger partial charge in [0.1, 0.15) is 19.3 Å². The van der Waals surface area contributed by atoms with Gasteiger partial charge < -0.3 is 33.8 Å². The highest BCUT2D eigenvalue weighted by Crippen LogP contribution is 2.45. The number of esters is 4. The van der Waals surface area contributed by atoms with Gasteiger partial charge >= 0.3 is 39.5 Å². The number of unbranched alkanes of at least 4 members (excludes halogenated alkanes) is 36. The third-order valence-electron chi connectivity index (χ3n) is 14.1. The molecule has 0 saturated carbocycles. The van der Waals surface area contributed by atoms with Crippen molar-refractivity contribution in [3.63, 3.8) is 0 Å². The monoisotopic (exact) mass is 1180 g/mol. The summed E-state index contributed by atoms with van der Waals surface area (Å²) in [5.74, 6) is -2.14. The smallest absolute Gasteiger partial charge is 0.462 e. The predicted octanol–water partition coefficient (Wildman–Crippen LogP) is 16.8. The van der Waals surface area contributed by atoms with Crippen molar-refractivity contribution in [3.05, 3.63) is 0 Å². The van der Waals surface area contributed by atoms with Crippen LogP contribution in [0.3, 0.4) is 0 Å². The molecule has 5 atom stereocenters. The predicted molar refractivity (Wildman–Crippen MR) is 317 cm³/mol. The number of aliphatic hydroxyl groups excluding tert-OH is 1. The molecule has 0 aromatic rings. The Labute approximate surface area is 486 Å². The fourth-order valence-electron chi connectivity index (χ4n) is 9.10. The van der Waals surface area contributed by atoms with Gasteiger partial charge in [-0.3, -0.25) is 37.3 Å². The minimum absolute atomic E-state index is 0.105. The molecule has 0 fully saturated rings. The Morgan fingerprint density at radius 3 is 0.738 bits per heavy atom. The van der Waals surface area contributed by atoms with Crippen molar-refractivity contribution in [1.82, 2.24) is 0 Å². The highest BCUT2D eigenvalue weighted by atomic mass is 31.2. The minimum Gasteiger partial charge on any atom is -0.462 e. The lowest BCUT2D eigenvalue weighted by atomic mass is 10.0. The summed E-state index contributed by atoms with van der Waals surface area (Å²) in [6, 6.07) is 0. The lowest BCUT2D eigenvalue weighted by molar-refractivity contribution is -0.161. The van der Waals surface area contributed by atoms with Crippen molar-refractivity contribution < 1.29 is 80.2 Å². The molecule has 0 aromatic heterocycles. The van der Waals surface area contributed by atoms with Crippen LogP contribution in [0.15, 0.2) is 0 Å². The molecule has 474 valence electrons. The van der Waals surface area contributed by atoms with Crippen LogP contribution in [-0.4, -0.2) is 96.7 Å². The van der Waals surface area contributed by atoms with Gasteiger partial charge in [0.15, 0.2) is 12.2 Å². The van der Waals surface area contributed by atoms with Crippen LogP contribution >= 0.6 is 15.6 Å². The molecule has 17 nitrogen and oxygen atoms in total. The second-order valence-corrected chi connectivity index (χ2v) is 25.0. The molecule has 0 bridgehead atoms. The lowest BCUT2D eigenvalue weighted by Crippen LogP contribution is -2.30. The van der Waals surface area contributed by atoms with Crippen LogP contribution in [0.4, 0.5) is 0 Å². The molecule has 0 amide bonds. The normalized spacial score (nSPS) is 14.2. The maximum atomic E-state index is 12.9. The van der Waals surface area contributed by atoms with E-state index < -0.39 is 97.5 Å². The summed E-state index contributed by atoms with van der Waals surface area (Å²) in [7, 11) is -9.87. The maximum Gasteiger partial charge on any atom is 0.472 e. The van der Waals surface area contributed by atoms with E-state index in [0.717, 1.165) is 103 Å². The average molecular weight is 1190 g/mol. The highest BCUT2D eigenvalue weighted by Gasteiger charge is 2.30. The van der Waals surface area contributed by atoms with Gasteiger partial charge in [-0.15, -0.1) is 0 Å². The number of hydrogen-bond donors (Lipinski definition) is 3. The maximum absolute atomic E-state index is 12.9. The molecule has 0 radical (unpaired) electrons. The third kappa shape index (κ3) is 55.3. The van der Waals surface area contributed by atoms with Gasteiger partial charge in [-0.25, -0.2) is 9.13 Å². The number of hydrogen-bond acceptors (Lipinski definition) is 15. The zero-order chi connectivity index (χ0) is 59.1. The van der Waals surface area contributed by atoms with Gasteiger partial charge in [-0.2, -0.15) is 0 Å². The molecule has 0 rings (SSSR count). The number of ether oxygens (including phenoxy) is 4. The van der Waals surface area contributed by atoms with Crippen molar-refractivity contribution in [2.24, 2.45) is 0 Å². The van der Waals surface area contributed by atoms with E-state index in [-0.39, 0.29) is 25.7 Å². The fraction of sp³-hybridized carbons (Fsp3) is 0.934. The second-order valence-electron chi connectivity index (χ2n) is 22.1. The molecule has 0 spiro atoms. The van der Waals surface area contributed by atoms with E-state index >= 15 is 0 Å². The Hall–Kier alpha value is -1.94. The van der Waals surface area contributed by atoms with Crippen molar-refractivity contribution in [3.8, 4) is 0 Å². The first kappa shape index (κ1) is 78.1. The summed E-state index contributed by atoms with van der Waals surface area (Å²) in [6.07, 6.45) is 40.4. The summed E-state index contributed by atoms with van der Waals surface area (Å²) in [6.45, 7) is 4.81. The fourth-order valence-corrected chi connectivity index (χ4v) is 10.7. The summed E-state index contributed by atoms with van der Waals surface area (Å²) in [5.41, 5.74) is 0. The average Bonchev–Trinajstić information content (AvgIpc) is 3.43. The quantitative estimate of drug-likeness (QED) is 0.0222. The molecule has 0 aliphatic carbocycles. The van der Waals surface area contributed by atoms with Gasteiger partial charge in [-0.1, -0.05) is 259 Å². The number of phosphoric ester groups is 2. The molecule has 0 aromatic carbocycles. The summed E-state index contributed by atoms with van der Waals surface area (Å²) < 4.78 is 67.7. The molecule has 0 saturated heterocycles. The summed E-state index contributed by atoms with van der Waals surface area (Å²) >= 11 is 0. The Morgan fingerprint density at radius 1 is 0.300 bits per heavy atom. The van der Waals surface area contributed by atoms with Crippen molar-refractivity contribution in [2.75, 3.05) is 39.6 Å². The van der Waals surface area contributed by atoms with Gasteiger partial charge in [0.25, 0.3) is 0 Å². The zero-order valence-electron chi connectivity index (χ0n) is 51.0. The van der Waals surface area contributed by atoms with Crippen LogP contribution in [0.2, 0.25) is 0 Å². The Morgan fingerprint density at radius 2 is 0.500 bits per heavy atom. The van der Waals surface area contributed by atoms with Crippen LogP contribution in [-0.2, 0) is 65.4 Å². The van der Waals surface area contributed by atoms with Gasteiger partial charge in [0.2, 0.25) is 0 Å².